The lowest BCUT2D eigenvalue weighted by molar-refractivity contribution is -0.139. The molecule has 1 saturated heterocycles. The van der Waals surface area contributed by atoms with E-state index in [1.165, 1.54) is 11.1 Å². The van der Waals surface area contributed by atoms with Crippen LogP contribution in [0.4, 0.5) is 4.79 Å². The average Bonchev–Trinajstić information content (AvgIpc) is 3.36. The van der Waals surface area contributed by atoms with Crippen LogP contribution >= 0.6 is 0 Å². The van der Waals surface area contributed by atoms with Gasteiger partial charge in [-0.25, -0.2) is 4.79 Å². The van der Waals surface area contributed by atoms with Crippen LogP contribution in [0.2, 0.25) is 0 Å². The monoisotopic (exact) mass is 464 g/mol. The zero-order valence-electron chi connectivity index (χ0n) is 18.7. The molecule has 2 aromatic carbocycles. The van der Waals surface area contributed by atoms with E-state index < -0.39 is 12.1 Å². The summed E-state index contributed by atoms with van der Waals surface area (Å²) in [5.41, 5.74) is 4.67. The zero-order valence-corrected chi connectivity index (χ0v) is 18.7. The molecule has 8 heteroatoms. The molecule has 2 fully saturated rings. The fourth-order valence-electron chi connectivity index (χ4n) is 5.03. The fraction of sp³-hybridized carbons (Fsp3) is 0.423. The summed E-state index contributed by atoms with van der Waals surface area (Å²) in [7, 11) is 0. The molecule has 5 rings (SSSR count). The molecule has 8 nitrogen and oxygen atoms in total. The van der Waals surface area contributed by atoms with Gasteiger partial charge in [0.15, 0.2) is 0 Å². The third kappa shape index (κ3) is 4.63. The van der Waals surface area contributed by atoms with Gasteiger partial charge in [0.25, 0.3) is 0 Å². The number of carboxylic acid groups (broad SMARTS) is 1. The Hall–Kier alpha value is -3.39. The highest BCUT2D eigenvalue weighted by Crippen LogP contribution is 2.44. The van der Waals surface area contributed by atoms with E-state index in [1.54, 1.807) is 0 Å². The predicted octanol–water partition coefficient (Wildman–Crippen LogP) is 2.77. The SMILES string of the molecule is O=C(NC[C@@H]1C[C@H](C(=O)NC[C@@H]2C[C@@H]2C(=O)O)CO1)OCC1c2ccccc2-c2ccccc21. The number of alkyl carbamates (subject to hydrolysis) is 1. The quantitative estimate of drug-likeness (QED) is 0.554. The Morgan fingerprint density at radius 3 is 2.26 bits per heavy atom. The number of hydrogen-bond donors (Lipinski definition) is 3. The summed E-state index contributed by atoms with van der Waals surface area (Å²) in [6.45, 7) is 1.18. The zero-order chi connectivity index (χ0) is 23.7. The fourth-order valence-corrected chi connectivity index (χ4v) is 5.03. The van der Waals surface area contributed by atoms with Crippen LogP contribution in [0, 0.1) is 17.8 Å². The Morgan fingerprint density at radius 2 is 1.62 bits per heavy atom. The van der Waals surface area contributed by atoms with Crippen molar-refractivity contribution in [1.29, 1.82) is 0 Å². The maximum absolute atomic E-state index is 12.3. The molecule has 178 valence electrons. The van der Waals surface area contributed by atoms with Gasteiger partial charge in [0, 0.05) is 19.0 Å². The minimum Gasteiger partial charge on any atom is -0.481 e. The van der Waals surface area contributed by atoms with Crippen molar-refractivity contribution < 1.29 is 29.0 Å². The number of nitrogens with one attached hydrogen (secondary N) is 2. The Kier molecular flexibility index (Phi) is 6.24. The largest absolute Gasteiger partial charge is 0.481 e. The van der Waals surface area contributed by atoms with Crippen molar-refractivity contribution in [2.24, 2.45) is 17.8 Å². The Morgan fingerprint density at radius 1 is 0.941 bits per heavy atom. The number of benzene rings is 2. The van der Waals surface area contributed by atoms with Gasteiger partial charge in [-0.05, 0) is 41.0 Å². The first-order valence-corrected chi connectivity index (χ1v) is 11.7. The van der Waals surface area contributed by atoms with Crippen molar-refractivity contribution in [3.63, 3.8) is 0 Å². The van der Waals surface area contributed by atoms with Crippen LogP contribution in [0.1, 0.15) is 29.9 Å². The van der Waals surface area contributed by atoms with Crippen molar-refractivity contribution in [3.05, 3.63) is 59.7 Å². The number of ether oxygens (including phenoxy) is 2. The summed E-state index contributed by atoms with van der Waals surface area (Å²) in [4.78, 5) is 35.6. The molecule has 2 aliphatic carbocycles. The normalized spacial score (nSPS) is 24.7. The number of rotatable bonds is 8. The van der Waals surface area contributed by atoms with Crippen LogP contribution in [0.15, 0.2) is 48.5 Å². The molecule has 34 heavy (non-hydrogen) atoms. The van der Waals surface area contributed by atoms with Gasteiger partial charge in [0.05, 0.1) is 24.5 Å². The van der Waals surface area contributed by atoms with Crippen LogP contribution in [0.3, 0.4) is 0 Å². The van der Waals surface area contributed by atoms with Gasteiger partial charge in [-0.3, -0.25) is 9.59 Å². The summed E-state index contributed by atoms with van der Waals surface area (Å²) >= 11 is 0. The maximum Gasteiger partial charge on any atom is 0.407 e. The van der Waals surface area contributed by atoms with E-state index in [4.69, 9.17) is 14.6 Å². The van der Waals surface area contributed by atoms with Gasteiger partial charge < -0.3 is 25.2 Å². The Balaban J connectivity index is 1.05. The molecule has 1 aliphatic heterocycles. The number of carbonyl (C=O) groups excluding carboxylic acids is 2. The lowest BCUT2D eigenvalue weighted by Crippen LogP contribution is -2.34. The first-order valence-electron chi connectivity index (χ1n) is 11.7. The van der Waals surface area contributed by atoms with Crippen LogP contribution in [0.5, 0.6) is 0 Å². The summed E-state index contributed by atoms with van der Waals surface area (Å²) in [5.74, 6) is -1.54. The highest BCUT2D eigenvalue weighted by Gasteiger charge is 2.43. The van der Waals surface area contributed by atoms with Gasteiger partial charge in [0.2, 0.25) is 5.91 Å². The molecule has 2 aromatic rings. The molecule has 0 spiro atoms. The second kappa shape index (κ2) is 9.46. The topological polar surface area (TPSA) is 114 Å². The molecular formula is C26H28N2O6. The molecular weight excluding hydrogens is 436 g/mol. The van der Waals surface area contributed by atoms with E-state index in [0.29, 0.717) is 19.4 Å². The summed E-state index contributed by atoms with van der Waals surface area (Å²) in [6, 6.07) is 16.3. The van der Waals surface area contributed by atoms with E-state index in [1.807, 2.05) is 24.3 Å². The van der Waals surface area contributed by atoms with Crippen LogP contribution in [0.25, 0.3) is 11.1 Å². The first kappa shape index (κ1) is 22.4. The average molecular weight is 465 g/mol. The van der Waals surface area contributed by atoms with Crippen molar-refractivity contribution in [3.8, 4) is 11.1 Å². The molecule has 0 aromatic heterocycles. The molecule has 4 atom stereocenters. The lowest BCUT2D eigenvalue weighted by Gasteiger charge is -2.15. The highest BCUT2D eigenvalue weighted by atomic mass is 16.5. The highest BCUT2D eigenvalue weighted by molar-refractivity contribution is 5.80. The molecule has 0 radical (unpaired) electrons. The van der Waals surface area contributed by atoms with Crippen LogP contribution < -0.4 is 10.6 Å². The summed E-state index contributed by atoms with van der Waals surface area (Å²) in [6.07, 6.45) is 0.349. The number of aliphatic carboxylic acids is 1. The van der Waals surface area contributed by atoms with Crippen molar-refractivity contribution >= 4 is 18.0 Å². The van der Waals surface area contributed by atoms with Gasteiger partial charge >= 0.3 is 12.1 Å². The Labute approximate surface area is 197 Å². The van der Waals surface area contributed by atoms with Gasteiger partial charge in [-0.1, -0.05) is 48.5 Å². The Bertz CT molecular complexity index is 1060. The van der Waals surface area contributed by atoms with Crippen LogP contribution in [-0.2, 0) is 19.1 Å². The molecule has 1 heterocycles. The van der Waals surface area contributed by atoms with E-state index in [-0.39, 0.29) is 55.4 Å². The van der Waals surface area contributed by atoms with E-state index in [9.17, 15) is 14.4 Å². The molecule has 2 amide bonds. The van der Waals surface area contributed by atoms with Gasteiger partial charge in [-0.15, -0.1) is 0 Å². The molecule has 0 unspecified atom stereocenters. The van der Waals surface area contributed by atoms with Gasteiger partial charge in [0.1, 0.15) is 6.61 Å². The molecule has 0 bridgehead atoms. The van der Waals surface area contributed by atoms with Crippen molar-refractivity contribution in [2.75, 3.05) is 26.3 Å². The smallest absolute Gasteiger partial charge is 0.407 e. The molecule has 3 N–H and O–H groups in total. The third-order valence-corrected chi connectivity index (χ3v) is 7.05. The maximum atomic E-state index is 12.3. The number of amides is 2. The molecule has 1 saturated carbocycles. The summed E-state index contributed by atoms with van der Waals surface area (Å²) in [5, 5.41) is 14.5. The number of fused-ring (bicyclic) bond motifs is 3. The second-order valence-electron chi connectivity index (χ2n) is 9.28. The van der Waals surface area contributed by atoms with Crippen LogP contribution in [-0.4, -0.2) is 55.5 Å². The minimum atomic E-state index is -0.803. The van der Waals surface area contributed by atoms with Gasteiger partial charge in [-0.2, -0.15) is 0 Å². The van der Waals surface area contributed by atoms with E-state index >= 15 is 0 Å². The number of hydrogen-bond acceptors (Lipinski definition) is 5. The predicted molar refractivity (Wildman–Crippen MR) is 123 cm³/mol. The standard InChI is InChI=1S/C26H28N2O6/c29-24(27-11-15-10-22(15)25(30)31)16-9-17(33-13-16)12-28-26(32)34-14-23-20-7-3-1-5-18(20)19-6-2-4-8-21(19)23/h1-8,15-17,22-23H,9-14H2,(H,27,29)(H,28,32)(H,30,31)/t15-,16-,17-,22-/m0/s1. The lowest BCUT2D eigenvalue weighted by atomic mass is 9.98. The van der Waals surface area contributed by atoms with E-state index in [2.05, 4.69) is 34.9 Å². The number of carboxylic acids is 1. The molecule has 3 aliphatic rings. The van der Waals surface area contributed by atoms with Crippen molar-refractivity contribution in [2.45, 2.75) is 24.9 Å². The third-order valence-electron chi connectivity index (χ3n) is 7.05. The summed E-state index contributed by atoms with van der Waals surface area (Å²) < 4.78 is 11.2. The second-order valence-corrected chi connectivity index (χ2v) is 9.28. The first-order chi connectivity index (χ1) is 16.5. The van der Waals surface area contributed by atoms with Crippen molar-refractivity contribution in [1.82, 2.24) is 10.6 Å². The minimum absolute atomic E-state index is 0.00106. The number of carbonyl (C=O) groups is 3. The van der Waals surface area contributed by atoms with E-state index in [0.717, 1.165) is 11.1 Å².